The molecule has 1 amide bonds. The van der Waals surface area contributed by atoms with Crippen LogP contribution in [0.15, 0.2) is 12.1 Å². The first-order valence-corrected chi connectivity index (χ1v) is 6.66. The van der Waals surface area contributed by atoms with Crippen LogP contribution in [0.1, 0.15) is 29.1 Å². The molecule has 0 aromatic carbocycles. The lowest BCUT2D eigenvalue weighted by Gasteiger charge is -2.16. The number of hydrogen-bond donors (Lipinski definition) is 3. The second-order valence-corrected chi connectivity index (χ2v) is 5.85. The molecule has 0 spiro atoms. The number of β-amino-alcohol motifs (C(OH)–C–C–N with tert-alkyl or cyclic N) is 1. The highest BCUT2D eigenvalue weighted by molar-refractivity contribution is 7.12. The Bertz CT molecular complexity index is 405. The fraction of sp³-hybridized carbons (Fsp3) is 0.583. The van der Waals surface area contributed by atoms with Crippen LogP contribution in [0.25, 0.3) is 0 Å². The second kappa shape index (κ2) is 5.16. The molecule has 3 N–H and O–H groups in total. The number of carbonyl (C=O) groups excluding carboxylic acids is 1. The maximum atomic E-state index is 11.9. The summed E-state index contributed by atoms with van der Waals surface area (Å²) in [4.78, 5) is 14.3. The molecule has 3 atom stereocenters. The first-order chi connectivity index (χ1) is 8.06. The van der Waals surface area contributed by atoms with Crippen LogP contribution in [0.3, 0.4) is 0 Å². The van der Waals surface area contributed by atoms with E-state index in [9.17, 15) is 9.90 Å². The van der Waals surface area contributed by atoms with Crippen molar-refractivity contribution in [2.24, 2.45) is 0 Å². The zero-order valence-electron chi connectivity index (χ0n) is 10.1. The topological polar surface area (TPSA) is 61.4 Å². The highest BCUT2D eigenvalue weighted by Crippen LogP contribution is 2.22. The molecule has 0 bridgehead atoms. The van der Waals surface area contributed by atoms with E-state index in [1.54, 1.807) is 11.3 Å². The van der Waals surface area contributed by atoms with Crippen molar-refractivity contribution < 1.29 is 9.90 Å². The van der Waals surface area contributed by atoms with Gasteiger partial charge in [-0.25, -0.2) is 0 Å². The van der Waals surface area contributed by atoms with Gasteiger partial charge in [0.1, 0.15) is 0 Å². The van der Waals surface area contributed by atoms with Crippen molar-refractivity contribution >= 4 is 17.2 Å². The quantitative estimate of drug-likeness (QED) is 0.753. The molecule has 0 radical (unpaired) electrons. The van der Waals surface area contributed by atoms with Gasteiger partial charge in [0.05, 0.1) is 18.2 Å². The minimum Gasteiger partial charge on any atom is -0.392 e. The van der Waals surface area contributed by atoms with Crippen LogP contribution in [0.5, 0.6) is 0 Å². The number of rotatable bonds is 3. The Morgan fingerprint density at radius 2 is 2.41 bits per heavy atom. The molecule has 4 nitrogen and oxygen atoms in total. The molecule has 17 heavy (non-hydrogen) atoms. The third kappa shape index (κ3) is 3.06. The molecule has 3 unspecified atom stereocenters. The molecule has 2 rings (SSSR count). The molecule has 1 fully saturated rings. The summed E-state index contributed by atoms with van der Waals surface area (Å²) in [7, 11) is 0. The van der Waals surface area contributed by atoms with Gasteiger partial charge in [-0.05, 0) is 32.4 Å². The van der Waals surface area contributed by atoms with Gasteiger partial charge in [-0.15, -0.1) is 11.3 Å². The van der Waals surface area contributed by atoms with Crippen molar-refractivity contribution in [3.05, 3.63) is 21.9 Å². The lowest BCUT2D eigenvalue weighted by molar-refractivity contribution is -0.123. The number of thiophene rings is 1. The van der Waals surface area contributed by atoms with E-state index in [4.69, 9.17) is 0 Å². The largest absolute Gasteiger partial charge is 0.392 e. The van der Waals surface area contributed by atoms with Crippen LogP contribution in [-0.2, 0) is 4.79 Å². The lowest BCUT2D eigenvalue weighted by Crippen LogP contribution is -2.41. The second-order valence-electron chi connectivity index (χ2n) is 4.53. The zero-order valence-corrected chi connectivity index (χ0v) is 10.9. The highest BCUT2D eigenvalue weighted by atomic mass is 32.1. The van der Waals surface area contributed by atoms with E-state index in [-0.39, 0.29) is 18.0 Å². The Labute approximate surface area is 105 Å². The molecule has 2 heterocycles. The molecule has 1 aliphatic heterocycles. The van der Waals surface area contributed by atoms with Gasteiger partial charge in [-0.1, -0.05) is 0 Å². The molecule has 1 saturated heterocycles. The number of amides is 1. The van der Waals surface area contributed by atoms with Gasteiger partial charge in [-0.3, -0.25) is 4.79 Å². The SMILES string of the molecule is Cc1ccc(C(C)NC(=O)C2CC(O)CN2)s1. The van der Waals surface area contributed by atoms with Gasteiger partial charge >= 0.3 is 0 Å². The summed E-state index contributed by atoms with van der Waals surface area (Å²) < 4.78 is 0. The van der Waals surface area contributed by atoms with Crippen LogP contribution < -0.4 is 10.6 Å². The van der Waals surface area contributed by atoms with E-state index < -0.39 is 6.10 Å². The van der Waals surface area contributed by atoms with Crippen molar-refractivity contribution in [1.82, 2.24) is 10.6 Å². The summed E-state index contributed by atoms with van der Waals surface area (Å²) in [6.07, 6.45) is 0.104. The van der Waals surface area contributed by atoms with Gasteiger partial charge in [-0.2, -0.15) is 0 Å². The molecular formula is C12H18N2O2S. The van der Waals surface area contributed by atoms with Crippen LogP contribution in [0.4, 0.5) is 0 Å². The number of carbonyl (C=O) groups is 1. The fourth-order valence-electron chi connectivity index (χ4n) is 1.99. The predicted molar refractivity (Wildman–Crippen MR) is 68.0 cm³/mol. The highest BCUT2D eigenvalue weighted by Gasteiger charge is 2.28. The van der Waals surface area contributed by atoms with E-state index in [0.29, 0.717) is 13.0 Å². The Hall–Kier alpha value is -0.910. The monoisotopic (exact) mass is 254 g/mol. The van der Waals surface area contributed by atoms with E-state index in [0.717, 1.165) is 4.88 Å². The summed E-state index contributed by atoms with van der Waals surface area (Å²) >= 11 is 1.70. The minimum absolute atomic E-state index is 0.0277. The predicted octanol–water partition coefficient (Wildman–Crippen LogP) is 0.957. The van der Waals surface area contributed by atoms with Gasteiger partial charge in [0.25, 0.3) is 0 Å². The summed E-state index contributed by atoms with van der Waals surface area (Å²) in [6, 6.07) is 3.87. The van der Waals surface area contributed by atoms with Gasteiger partial charge in [0.2, 0.25) is 5.91 Å². The number of hydrogen-bond acceptors (Lipinski definition) is 4. The molecule has 1 aliphatic rings. The van der Waals surface area contributed by atoms with Crippen molar-refractivity contribution in [2.75, 3.05) is 6.54 Å². The number of aryl methyl sites for hydroxylation is 1. The average Bonchev–Trinajstić information content (AvgIpc) is 2.87. The van der Waals surface area contributed by atoms with Gasteiger partial charge in [0.15, 0.2) is 0 Å². The Balaban J connectivity index is 1.90. The first kappa shape index (κ1) is 12.5. The molecule has 1 aromatic rings. The van der Waals surface area contributed by atoms with Gasteiger partial charge in [0, 0.05) is 16.3 Å². The van der Waals surface area contributed by atoms with Gasteiger partial charge < -0.3 is 15.7 Å². The third-order valence-electron chi connectivity index (χ3n) is 2.97. The smallest absolute Gasteiger partial charge is 0.237 e. The van der Waals surface area contributed by atoms with E-state index in [1.165, 1.54) is 4.88 Å². The zero-order chi connectivity index (χ0) is 12.4. The first-order valence-electron chi connectivity index (χ1n) is 5.84. The Morgan fingerprint density at radius 1 is 1.65 bits per heavy atom. The van der Waals surface area contributed by atoms with Crippen LogP contribution >= 0.6 is 11.3 Å². The summed E-state index contributed by atoms with van der Waals surface area (Å²) in [5.74, 6) is -0.0277. The van der Waals surface area contributed by atoms with Crippen LogP contribution in [-0.4, -0.2) is 29.7 Å². The van der Waals surface area contributed by atoms with Crippen molar-refractivity contribution in [3.8, 4) is 0 Å². The number of nitrogens with one attached hydrogen (secondary N) is 2. The minimum atomic E-state index is -0.398. The summed E-state index contributed by atoms with van der Waals surface area (Å²) in [6.45, 7) is 4.54. The van der Waals surface area contributed by atoms with E-state index >= 15 is 0 Å². The fourth-order valence-corrected chi connectivity index (χ4v) is 2.87. The lowest BCUT2D eigenvalue weighted by atomic mass is 10.1. The average molecular weight is 254 g/mol. The summed E-state index contributed by atoms with van der Waals surface area (Å²) in [5, 5.41) is 15.3. The van der Waals surface area contributed by atoms with E-state index in [2.05, 4.69) is 23.6 Å². The van der Waals surface area contributed by atoms with Crippen LogP contribution in [0.2, 0.25) is 0 Å². The Morgan fingerprint density at radius 3 is 2.94 bits per heavy atom. The molecular weight excluding hydrogens is 236 g/mol. The molecule has 0 aliphatic carbocycles. The molecule has 1 aromatic heterocycles. The Kier molecular flexibility index (Phi) is 3.81. The summed E-state index contributed by atoms with van der Waals surface area (Å²) in [5.41, 5.74) is 0. The molecule has 0 saturated carbocycles. The van der Waals surface area contributed by atoms with Crippen molar-refractivity contribution in [3.63, 3.8) is 0 Å². The van der Waals surface area contributed by atoms with Crippen LogP contribution in [0, 0.1) is 6.92 Å². The van der Waals surface area contributed by atoms with E-state index in [1.807, 2.05) is 13.0 Å². The third-order valence-corrected chi connectivity index (χ3v) is 4.15. The number of aliphatic hydroxyl groups excluding tert-OH is 1. The standard InChI is InChI=1S/C12H18N2O2S/c1-7-3-4-11(17-7)8(2)14-12(16)10-5-9(15)6-13-10/h3-4,8-10,13,15H,5-6H2,1-2H3,(H,14,16). The maximum absolute atomic E-state index is 11.9. The number of aliphatic hydroxyl groups is 1. The normalized spacial score (nSPS) is 25.8. The van der Waals surface area contributed by atoms with Crippen molar-refractivity contribution in [2.45, 2.75) is 38.5 Å². The molecule has 5 heteroatoms. The maximum Gasteiger partial charge on any atom is 0.237 e. The van der Waals surface area contributed by atoms with Crippen molar-refractivity contribution in [1.29, 1.82) is 0 Å². The molecule has 94 valence electrons.